The second kappa shape index (κ2) is 5.94. The van der Waals surface area contributed by atoms with Crippen molar-refractivity contribution in [3.8, 4) is 11.5 Å². The average molecular weight is 337 g/mol. The van der Waals surface area contributed by atoms with E-state index in [1.165, 1.54) is 7.05 Å². The molecule has 2 aromatic rings. The number of ether oxygens (including phenoxy) is 2. The minimum absolute atomic E-state index is 0.0409. The fraction of sp³-hybridized carbons (Fsp3) is 0.167. The van der Waals surface area contributed by atoms with Crippen LogP contribution in [0.3, 0.4) is 0 Å². The number of carbonyl (C=O) groups is 2. The van der Waals surface area contributed by atoms with E-state index in [9.17, 15) is 9.59 Å². The van der Waals surface area contributed by atoms with Crippen LogP contribution in [-0.4, -0.2) is 36.5 Å². The van der Waals surface area contributed by atoms with Gasteiger partial charge in [-0.25, -0.2) is 4.79 Å². The number of carbonyl (C=O) groups excluding carboxylic acids is 2. The van der Waals surface area contributed by atoms with Gasteiger partial charge in [-0.05, 0) is 17.7 Å². The van der Waals surface area contributed by atoms with Crippen LogP contribution in [0.1, 0.15) is 16.7 Å². The highest BCUT2D eigenvalue weighted by atomic mass is 16.7. The van der Waals surface area contributed by atoms with Gasteiger partial charge in [-0.2, -0.15) is 5.10 Å². The molecule has 2 heterocycles. The second-order valence-corrected chi connectivity index (χ2v) is 5.61. The summed E-state index contributed by atoms with van der Waals surface area (Å²) in [5, 5.41) is 7.67. The lowest BCUT2D eigenvalue weighted by molar-refractivity contribution is -0.127. The molecule has 1 N–H and O–H groups in total. The van der Waals surface area contributed by atoms with Gasteiger partial charge in [0.25, 0.3) is 5.91 Å². The van der Waals surface area contributed by atoms with E-state index in [0.29, 0.717) is 17.2 Å². The predicted molar refractivity (Wildman–Crippen MR) is 89.7 cm³/mol. The van der Waals surface area contributed by atoms with Gasteiger partial charge in [-0.1, -0.05) is 30.3 Å². The van der Waals surface area contributed by atoms with Crippen LogP contribution in [0.4, 0.5) is 4.79 Å². The van der Waals surface area contributed by atoms with Crippen LogP contribution in [-0.2, 0) is 11.2 Å². The molecule has 0 fully saturated rings. The number of hydrogen-bond acceptors (Lipinski definition) is 5. The molecular weight excluding hydrogens is 322 g/mol. The molecule has 7 nitrogen and oxygen atoms in total. The first-order valence-corrected chi connectivity index (χ1v) is 7.79. The Labute approximate surface area is 143 Å². The Balaban J connectivity index is 1.93. The van der Waals surface area contributed by atoms with E-state index in [0.717, 1.165) is 21.7 Å². The molecule has 3 amide bonds. The molecule has 0 aliphatic carbocycles. The van der Waals surface area contributed by atoms with Crippen molar-refractivity contribution in [3.05, 3.63) is 59.2 Å². The standard InChI is InChI=1S/C18H15N3O4/c1-19-18(23)21-16(22)8-12-7-14-15(25-10-24-14)9-13(12)17(20-21)11-5-3-2-4-6-11/h2-7,9H,8,10H2,1H3,(H,19,23). The number of hydrazone groups is 1. The summed E-state index contributed by atoms with van der Waals surface area (Å²) in [5.41, 5.74) is 2.81. The molecule has 2 aliphatic heterocycles. The van der Waals surface area contributed by atoms with Crippen molar-refractivity contribution >= 4 is 17.6 Å². The normalized spacial score (nSPS) is 15.3. The van der Waals surface area contributed by atoms with Gasteiger partial charge in [0.05, 0.1) is 12.1 Å². The van der Waals surface area contributed by atoms with E-state index in [-0.39, 0.29) is 13.2 Å². The third kappa shape index (κ3) is 2.59. The van der Waals surface area contributed by atoms with Crippen molar-refractivity contribution < 1.29 is 19.1 Å². The first-order valence-electron chi connectivity index (χ1n) is 7.79. The lowest BCUT2D eigenvalue weighted by Crippen LogP contribution is -2.39. The molecule has 0 saturated heterocycles. The zero-order valence-corrected chi connectivity index (χ0v) is 13.5. The van der Waals surface area contributed by atoms with Crippen LogP contribution >= 0.6 is 0 Å². The molecular formula is C18H15N3O4. The van der Waals surface area contributed by atoms with Crippen molar-refractivity contribution in [1.82, 2.24) is 10.3 Å². The zero-order chi connectivity index (χ0) is 17.4. The van der Waals surface area contributed by atoms with E-state index in [4.69, 9.17) is 9.47 Å². The number of urea groups is 1. The largest absolute Gasteiger partial charge is 0.454 e. The van der Waals surface area contributed by atoms with Gasteiger partial charge in [0.1, 0.15) is 0 Å². The highest BCUT2D eigenvalue weighted by Gasteiger charge is 2.30. The van der Waals surface area contributed by atoms with Crippen LogP contribution in [0.15, 0.2) is 47.6 Å². The summed E-state index contributed by atoms with van der Waals surface area (Å²) in [6.45, 7) is 0.147. The number of imide groups is 1. The SMILES string of the molecule is CNC(=O)N1N=C(c2ccccc2)c2cc3c(cc2CC1=O)OCO3. The fourth-order valence-electron chi connectivity index (χ4n) is 2.87. The molecule has 2 aromatic carbocycles. The molecule has 0 atom stereocenters. The van der Waals surface area contributed by atoms with E-state index in [1.807, 2.05) is 36.4 Å². The lowest BCUT2D eigenvalue weighted by atomic mass is 9.95. The highest BCUT2D eigenvalue weighted by Crippen LogP contribution is 2.37. The first-order chi connectivity index (χ1) is 12.2. The number of amides is 3. The summed E-state index contributed by atoms with van der Waals surface area (Å²) in [6, 6.07) is 12.4. The number of nitrogens with zero attached hydrogens (tertiary/aromatic N) is 2. The molecule has 2 aliphatic rings. The van der Waals surface area contributed by atoms with Gasteiger partial charge in [0.15, 0.2) is 11.5 Å². The van der Waals surface area contributed by atoms with Crippen LogP contribution in [0.2, 0.25) is 0 Å². The van der Waals surface area contributed by atoms with Gasteiger partial charge in [-0.15, -0.1) is 5.01 Å². The molecule has 0 bridgehead atoms. The monoisotopic (exact) mass is 337 g/mol. The van der Waals surface area contributed by atoms with E-state index in [2.05, 4.69) is 10.4 Å². The molecule has 0 saturated carbocycles. The first kappa shape index (κ1) is 15.2. The van der Waals surface area contributed by atoms with Gasteiger partial charge >= 0.3 is 6.03 Å². The Morgan fingerprint density at radius 1 is 1.16 bits per heavy atom. The Morgan fingerprint density at radius 3 is 2.60 bits per heavy atom. The fourth-order valence-corrected chi connectivity index (χ4v) is 2.87. The van der Waals surface area contributed by atoms with Crippen molar-refractivity contribution in [2.75, 3.05) is 13.8 Å². The van der Waals surface area contributed by atoms with Crippen molar-refractivity contribution in [1.29, 1.82) is 0 Å². The topological polar surface area (TPSA) is 80.2 Å². The smallest absolute Gasteiger partial charge is 0.344 e. The zero-order valence-electron chi connectivity index (χ0n) is 13.5. The molecule has 126 valence electrons. The maximum Gasteiger partial charge on any atom is 0.344 e. The molecule has 0 aromatic heterocycles. The molecule has 0 spiro atoms. The predicted octanol–water partition coefficient (Wildman–Crippen LogP) is 1.89. The van der Waals surface area contributed by atoms with E-state index in [1.54, 1.807) is 6.07 Å². The van der Waals surface area contributed by atoms with Gasteiger partial charge < -0.3 is 14.8 Å². The Kier molecular flexibility index (Phi) is 3.61. The number of rotatable bonds is 1. The van der Waals surface area contributed by atoms with Crippen LogP contribution < -0.4 is 14.8 Å². The molecule has 4 rings (SSSR count). The number of benzene rings is 2. The molecule has 0 radical (unpaired) electrons. The summed E-state index contributed by atoms with van der Waals surface area (Å²) < 4.78 is 10.9. The van der Waals surface area contributed by atoms with Gasteiger partial charge in [0.2, 0.25) is 6.79 Å². The molecule has 0 unspecified atom stereocenters. The van der Waals surface area contributed by atoms with Crippen LogP contribution in [0, 0.1) is 0 Å². The Morgan fingerprint density at radius 2 is 1.88 bits per heavy atom. The summed E-state index contributed by atoms with van der Waals surface area (Å²) >= 11 is 0. The summed E-state index contributed by atoms with van der Waals surface area (Å²) in [6.07, 6.45) is 0.0409. The summed E-state index contributed by atoms with van der Waals surface area (Å²) in [7, 11) is 1.46. The average Bonchev–Trinajstić information content (AvgIpc) is 3.03. The van der Waals surface area contributed by atoms with E-state index >= 15 is 0 Å². The minimum Gasteiger partial charge on any atom is -0.454 e. The highest BCUT2D eigenvalue weighted by molar-refractivity contribution is 6.16. The maximum atomic E-state index is 12.5. The molecule has 7 heteroatoms. The quantitative estimate of drug-likeness (QED) is 0.862. The number of hydrogen-bond donors (Lipinski definition) is 1. The molecule has 25 heavy (non-hydrogen) atoms. The van der Waals surface area contributed by atoms with Gasteiger partial charge in [0, 0.05) is 18.2 Å². The van der Waals surface area contributed by atoms with Gasteiger partial charge in [-0.3, -0.25) is 4.79 Å². The Hall–Kier alpha value is -3.35. The van der Waals surface area contributed by atoms with Crippen LogP contribution in [0.25, 0.3) is 0 Å². The second-order valence-electron chi connectivity index (χ2n) is 5.61. The Bertz CT molecular complexity index is 893. The number of nitrogens with one attached hydrogen (secondary N) is 1. The summed E-state index contributed by atoms with van der Waals surface area (Å²) in [5.74, 6) is 0.779. The summed E-state index contributed by atoms with van der Waals surface area (Å²) in [4.78, 5) is 24.6. The van der Waals surface area contributed by atoms with Crippen molar-refractivity contribution in [2.24, 2.45) is 5.10 Å². The third-order valence-corrected chi connectivity index (χ3v) is 4.08. The maximum absolute atomic E-state index is 12.5. The minimum atomic E-state index is -0.578. The van der Waals surface area contributed by atoms with Crippen LogP contribution in [0.5, 0.6) is 11.5 Å². The third-order valence-electron chi connectivity index (χ3n) is 4.08. The van der Waals surface area contributed by atoms with E-state index < -0.39 is 11.9 Å². The van der Waals surface area contributed by atoms with Crippen molar-refractivity contribution in [3.63, 3.8) is 0 Å². The lowest BCUT2D eigenvalue weighted by Gasteiger charge is -2.13. The van der Waals surface area contributed by atoms with Crippen molar-refractivity contribution in [2.45, 2.75) is 6.42 Å². The number of fused-ring (bicyclic) bond motifs is 2.